The van der Waals surface area contributed by atoms with Gasteiger partial charge in [0.05, 0.1) is 28.8 Å². The van der Waals surface area contributed by atoms with Gasteiger partial charge >= 0.3 is 0 Å². The molecule has 0 fully saturated rings. The van der Waals surface area contributed by atoms with E-state index in [9.17, 15) is 14.4 Å². The number of nitrogens with two attached hydrogens (primary N) is 1. The summed E-state index contributed by atoms with van der Waals surface area (Å²) < 4.78 is 0. The van der Waals surface area contributed by atoms with Gasteiger partial charge in [-0.3, -0.25) is 24.4 Å². The number of nitrogen functional groups attached to an aromatic ring is 1. The summed E-state index contributed by atoms with van der Waals surface area (Å²) in [6.45, 7) is 0.552. The second-order valence-corrected chi connectivity index (χ2v) is 7.06. The minimum atomic E-state index is -0.370. The predicted molar refractivity (Wildman–Crippen MR) is 119 cm³/mol. The van der Waals surface area contributed by atoms with Crippen molar-refractivity contribution in [3.63, 3.8) is 0 Å². The van der Waals surface area contributed by atoms with Crippen LogP contribution in [-0.2, 0) is 13.0 Å². The molecule has 10 nitrogen and oxygen atoms in total. The summed E-state index contributed by atoms with van der Waals surface area (Å²) in [6.07, 6.45) is 2.09. The maximum Gasteiger partial charge on any atom is 0.261 e. The Morgan fingerprint density at radius 2 is 1.69 bits per heavy atom. The number of benzene rings is 1. The number of nitrogens with zero attached hydrogens (tertiary/aromatic N) is 2. The topological polar surface area (TPSA) is 159 Å². The Hall–Kier alpha value is -4.47. The highest BCUT2D eigenvalue weighted by atomic mass is 16.2. The van der Waals surface area contributed by atoms with E-state index in [1.165, 1.54) is 0 Å². The van der Waals surface area contributed by atoms with Crippen molar-refractivity contribution in [3.05, 3.63) is 87.6 Å². The summed E-state index contributed by atoms with van der Waals surface area (Å²) in [5.41, 5.74) is 7.61. The zero-order valence-electron chi connectivity index (χ0n) is 17.0. The van der Waals surface area contributed by atoms with Crippen LogP contribution in [0, 0.1) is 0 Å². The van der Waals surface area contributed by atoms with Gasteiger partial charge in [-0.25, -0.2) is 0 Å². The lowest BCUT2D eigenvalue weighted by molar-refractivity contribution is 0.0918. The Kier molecular flexibility index (Phi) is 5.93. The third-order valence-electron chi connectivity index (χ3n) is 4.82. The minimum absolute atomic E-state index is 0.0298. The number of aromatic amines is 2. The summed E-state index contributed by atoms with van der Waals surface area (Å²) in [4.78, 5) is 50.9. The van der Waals surface area contributed by atoms with Crippen LogP contribution in [0.15, 0.2) is 59.5 Å². The Morgan fingerprint density at radius 1 is 0.969 bits per heavy atom. The van der Waals surface area contributed by atoms with Crippen molar-refractivity contribution in [2.75, 3.05) is 12.3 Å². The van der Waals surface area contributed by atoms with Crippen LogP contribution in [0.25, 0.3) is 11.0 Å². The van der Waals surface area contributed by atoms with Gasteiger partial charge in [0, 0.05) is 24.9 Å². The van der Waals surface area contributed by atoms with E-state index in [2.05, 4.69) is 30.6 Å². The molecule has 0 aliphatic carbocycles. The van der Waals surface area contributed by atoms with Crippen LogP contribution >= 0.6 is 0 Å². The number of carbonyl (C=O) groups excluding carboxylic acids is 2. The molecular weight excluding hydrogens is 410 g/mol. The van der Waals surface area contributed by atoms with E-state index >= 15 is 0 Å². The van der Waals surface area contributed by atoms with E-state index < -0.39 is 0 Å². The normalized spacial score (nSPS) is 10.8. The third-order valence-corrected chi connectivity index (χ3v) is 4.82. The molecule has 10 heteroatoms. The van der Waals surface area contributed by atoms with Crippen molar-refractivity contribution >= 4 is 28.8 Å². The van der Waals surface area contributed by atoms with Crippen LogP contribution in [0.4, 0.5) is 5.95 Å². The molecule has 2 amide bonds. The molecule has 32 heavy (non-hydrogen) atoms. The highest BCUT2D eigenvalue weighted by Gasteiger charge is 2.16. The largest absolute Gasteiger partial charge is 0.369 e. The summed E-state index contributed by atoms with van der Waals surface area (Å²) in [6, 6.07) is 13.7. The van der Waals surface area contributed by atoms with Gasteiger partial charge in [-0.05, 0) is 30.3 Å². The van der Waals surface area contributed by atoms with Gasteiger partial charge < -0.3 is 21.4 Å². The first kappa shape index (κ1) is 20.8. The number of aromatic nitrogens is 4. The Morgan fingerprint density at radius 3 is 2.41 bits per heavy atom. The second-order valence-electron chi connectivity index (χ2n) is 7.06. The molecule has 3 aromatic heterocycles. The lowest BCUT2D eigenvalue weighted by atomic mass is 10.1. The summed E-state index contributed by atoms with van der Waals surface area (Å²) in [5.74, 6) is -0.702. The van der Waals surface area contributed by atoms with Gasteiger partial charge in [0.25, 0.3) is 17.4 Å². The van der Waals surface area contributed by atoms with Crippen molar-refractivity contribution in [3.8, 4) is 0 Å². The van der Waals surface area contributed by atoms with Gasteiger partial charge in [0.2, 0.25) is 5.95 Å². The number of nitrogens with one attached hydrogen (secondary N) is 4. The van der Waals surface area contributed by atoms with Crippen molar-refractivity contribution in [2.24, 2.45) is 0 Å². The molecule has 0 saturated carbocycles. The summed E-state index contributed by atoms with van der Waals surface area (Å²) >= 11 is 0. The Labute approximate surface area is 182 Å². The first-order valence-electron chi connectivity index (χ1n) is 9.94. The number of H-pyrrole nitrogens is 2. The third kappa shape index (κ3) is 4.64. The van der Waals surface area contributed by atoms with Crippen molar-refractivity contribution in [2.45, 2.75) is 13.0 Å². The standard InChI is InChI=1S/C22H21N7O3/c23-22-28-18-17(21(32)29-22)11-13(27-18)8-10-25-19(30)15-6-1-2-7-16(15)20(31)26-12-14-5-3-4-9-24-14/h1-7,9,11H,8,10,12H2,(H,25,30)(H,26,31)(H4,23,27,28,29,32). The van der Waals surface area contributed by atoms with Gasteiger partial charge in [-0.15, -0.1) is 0 Å². The fourth-order valence-corrected chi connectivity index (χ4v) is 3.28. The highest BCUT2D eigenvalue weighted by molar-refractivity contribution is 6.07. The monoisotopic (exact) mass is 431 g/mol. The van der Waals surface area contributed by atoms with E-state index in [0.717, 1.165) is 11.4 Å². The molecule has 4 rings (SSSR count). The first-order valence-corrected chi connectivity index (χ1v) is 9.94. The number of anilines is 1. The number of carbonyl (C=O) groups is 2. The Bertz CT molecular complexity index is 1330. The van der Waals surface area contributed by atoms with Gasteiger partial charge in [-0.2, -0.15) is 4.98 Å². The average molecular weight is 431 g/mol. The second kappa shape index (κ2) is 9.13. The number of hydrogen-bond acceptors (Lipinski definition) is 6. The molecule has 3 heterocycles. The summed E-state index contributed by atoms with van der Waals surface area (Å²) in [7, 11) is 0. The van der Waals surface area contributed by atoms with Crippen LogP contribution in [-0.4, -0.2) is 38.3 Å². The van der Waals surface area contributed by atoms with E-state index in [1.54, 1.807) is 48.7 Å². The zero-order valence-corrected chi connectivity index (χ0v) is 17.0. The van der Waals surface area contributed by atoms with E-state index in [0.29, 0.717) is 24.0 Å². The summed E-state index contributed by atoms with van der Waals surface area (Å²) in [5, 5.41) is 5.98. The van der Waals surface area contributed by atoms with Crippen molar-refractivity contribution in [1.82, 2.24) is 30.6 Å². The van der Waals surface area contributed by atoms with Crippen molar-refractivity contribution < 1.29 is 9.59 Å². The fourth-order valence-electron chi connectivity index (χ4n) is 3.28. The molecule has 0 saturated heterocycles. The van der Waals surface area contributed by atoms with Crippen LogP contribution in [0.3, 0.4) is 0 Å². The molecule has 0 aliphatic rings. The van der Waals surface area contributed by atoms with Crippen LogP contribution in [0.5, 0.6) is 0 Å². The predicted octanol–water partition coefficient (Wildman–Crippen LogP) is 1.13. The van der Waals surface area contributed by atoms with E-state index in [1.807, 2.05) is 6.07 Å². The molecule has 0 unspecified atom stereocenters. The molecule has 6 N–H and O–H groups in total. The lowest BCUT2D eigenvalue weighted by Crippen LogP contribution is -2.30. The molecule has 0 bridgehead atoms. The molecule has 1 aromatic carbocycles. The van der Waals surface area contributed by atoms with Crippen LogP contribution in [0.2, 0.25) is 0 Å². The van der Waals surface area contributed by atoms with Gasteiger partial charge in [-0.1, -0.05) is 18.2 Å². The van der Waals surface area contributed by atoms with Gasteiger partial charge in [0.15, 0.2) is 0 Å². The van der Waals surface area contributed by atoms with E-state index in [-0.39, 0.29) is 41.0 Å². The molecule has 0 aliphatic heterocycles. The average Bonchev–Trinajstić information content (AvgIpc) is 3.21. The van der Waals surface area contributed by atoms with E-state index in [4.69, 9.17) is 5.73 Å². The zero-order chi connectivity index (χ0) is 22.5. The fraction of sp³-hybridized carbons (Fsp3) is 0.136. The number of fused-ring (bicyclic) bond motifs is 1. The maximum atomic E-state index is 12.7. The lowest BCUT2D eigenvalue weighted by Gasteiger charge is -2.10. The highest BCUT2D eigenvalue weighted by Crippen LogP contribution is 2.11. The number of rotatable bonds is 7. The number of amides is 2. The van der Waals surface area contributed by atoms with Crippen LogP contribution < -0.4 is 21.9 Å². The quantitative estimate of drug-likeness (QED) is 0.295. The molecule has 162 valence electrons. The smallest absolute Gasteiger partial charge is 0.261 e. The van der Waals surface area contributed by atoms with Gasteiger partial charge in [0.1, 0.15) is 5.65 Å². The SMILES string of the molecule is Nc1nc2[nH]c(CCNC(=O)c3ccccc3C(=O)NCc3ccccn3)cc2c(=O)[nH]1. The van der Waals surface area contributed by atoms with Crippen LogP contribution in [0.1, 0.15) is 32.1 Å². The minimum Gasteiger partial charge on any atom is -0.369 e. The number of pyridine rings is 1. The Balaban J connectivity index is 1.39. The maximum absolute atomic E-state index is 12.7. The molecule has 0 spiro atoms. The molecule has 0 radical (unpaired) electrons. The van der Waals surface area contributed by atoms with Crippen molar-refractivity contribution in [1.29, 1.82) is 0 Å². The number of hydrogen-bond donors (Lipinski definition) is 5. The molecule has 4 aromatic rings. The first-order chi connectivity index (χ1) is 15.5. The molecular formula is C22H21N7O3. The molecule has 0 atom stereocenters.